The predicted octanol–water partition coefficient (Wildman–Crippen LogP) is 2.93. The topological polar surface area (TPSA) is 125 Å². The van der Waals surface area contributed by atoms with Gasteiger partial charge < -0.3 is 0 Å². The Hall–Kier alpha value is -3.08. The molecule has 3 heterocycles. The number of thiophene rings is 1. The van der Waals surface area contributed by atoms with Gasteiger partial charge in [0.2, 0.25) is 5.69 Å². The number of carbonyl (C=O) groups excluding carboxylic acids is 1. The van der Waals surface area contributed by atoms with Crippen molar-refractivity contribution >= 4 is 33.1 Å². The normalized spacial score (nSPS) is 14.2. The quantitative estimate of drug-likeness (QED) is 0.501. The SMILES string of the molecule is CCn1cc([N+](=O)[O-])c(C(=O)Nn2c(C)nc3sc4c(c3c2=O)CCCCCC4)n1. The van der Waals surface area contributed by atoms with Gasteiger partial charge in [-0.2, -0.15) is 5.10 Å². The lowest BCUT2D eigenvalue weighted by atomic mass is 9.98. The predicted molar refractivity (Wildman–Crippen MR) is 113 cm³/mol. The zero-order chi connectivity index (χ0) is 21.4. The Balaban J connectivity index is 1.77. The highest BCUT2D eigenvalue weighted by Gasteiger charge is 2.27. The van der Waals surface area contributed by atoms with E-state index in [1.165, 1.54) is 22.2 Å². The first kappa shape index (κ1) is 20.2. The average molecular weight is 430 g/mol. The van der Waals surface area contributed by atoms with E-state index in [1.807, 2.05) is 0 Å². The van der Waals surface area contributed by atoms with E-state index in [0.29, 0.717) is 22.6 Å². The van der Waals surface area contributed by atoms with Crippen molar-refractivity contribution in [2.24, 2.45) is 0 Å². The van der Waals surface area contributed by atoms with Gasteiger partial charge in [0.05, 0.1) is 10.3 Å². The van der Waals surface area contributed by atoms with E-state index in [9.17, 15) is 19.7 Å². The van der Waals surface area contributed by atoms with Gasteiger partial charge in [0.1, 0.15) is 16.9 Å². The van der Waals surface area contributed by atoms with Crippen molar-refractivity contribution in [3.8, 4) is 0 Å². The van der Waals surface area contributed by atoms with Crippen LogP contribution < -0.4 is 11.0 Å². The van der Waals surface area contributed by atoms with Crippen LogP contribution in [0.3, 0.4) is 0 Å². The molecule has 0 bridgehead atoms. The molecule has 3 aromatic rings. The molecule has 0 radical (unpaired) electrons. The van der Waals surface area contributed by atoms with Crippen LogP contribution in [0.4, 0.5) is 5.69 Å². The van der Waals surface area contributed by atoms with Crippen LogP contribution >= 0.6 is 11.3 Å². The number of hydrogen-bond donors (Lipinski definition) is 1. The Labute approximate surface area is 175 Å². The maximum absolute atomic E-state index is 13.3. The van der Waals surface area contributed by atoms with Gasteiger partial charge >= 0.3 is 5.69 Å². The number of carbonyl (C=O) groups is 1. The van der Waals surface area contributed by atoms with Crippen LogP contribution in [0.15, 0.2) is 11.0 Å². The van der Waals surface area contributed by atoms with E-state index in [1.54, 1.807) is 25.2 Å². The summed E-state index contributed by atoms with van der Waals surface area (Å²) in [6.07, 6.45) is 7.37. The molecule has 0 atom stereocenters. The highest BCUT2D eigenvalue weighted by atomic mass is 32.1. The lowest BCUT2D eigenvalue weighted by Gasteiger charge is -2.11. The second kappa shape index (κ2) is 7.98. The van der Waals surface area contributed by atoms with Crippen molar-refractivity contribution in [3.05, 3.63) is 48.6 Å². The number of nitro groups is 1. The van der Waals surface area contributed by atoms with Crippen molar-refractivity contribution in [1.29, 1.82) is 0 Å². The van der Waals surface area contributed by atoms with Crippen molar-refractivity contribution in [2.45, 2.75) is 58.9 Å². The number of rotatable bonds is 4. The van der Waals surface area contributed by atoms with Crippen molar-refractivity contribution in [2.75, 3.05) is 5.43 Å². The van der Waals surface area contributed by atoms with E-state index in [0.717, 1.165) is 42.3 Å². The summed E-state index contributed by atoms with van der Waals surface area (Å²) >= 11 is 1.55. The van der Waals surface area contributed by atoms with Crippen LogP contribution in [0.2, 0.25) is 0 Å². The Bertz CT molecular complexity index is 1210. The Kier molecular flexibility index (Phi) is 5.37. The summed E-state index contributed by atoms with van der Waals surface area (Å²) in [6.45, 7) is 3.76. The van der Waals surface area contributed by atoms with Crippen LogP contribution in [-0.4, -0.2) is 30.3 Å². The van der Waals surface area contributed by atoms with E-state index in [2.05, 4.69) is 15.5 Å². The molecule has 1 aliphatic carbocycles. The molecule has 0 spiro atoms. The molecule has 0 unspecified atom stereocenters. The van der Waals surface area contributed by atoms with Gasteiger partial charge in [-0.3, -0.25) is 29.8 Å². The number of hydrogen-bond acceptors (Lipinski definition) is 7. The van der Waals surface area contributed by atoms with Gasteiger partial charge in [0.15, 0.2) is 0 Å². The number of nitrogens with zero attached hydrogens (tertiary/aromatic N) is 5. The van der Waals surface area contributed by atoms with Crippen molar-refractivity contribution in [1.82, 2.24) is 19.4 Å². The minimum atomic E-state index is -0.821. The first-order chi connectivity index (χ1) is 14.4. The molecule has 11 heteroatoms. The first-order valence-electron chi connectivity index (χ1n) is 9.97. The fraction of sp³-hybridized carbons (Fsp3) is 0.474. The molecule has 0 aliphatic heterocycles. The minimum absolute atomic E-state index is 0.313. The minimum Gasteiger partial charge on any atom is -0.267 e. The molecule has 0 saturated carbocycles. The van der Waals surface area contributed by atoms with Crippen molar-refractivity contribution in [3.63, 3.8) is 0 Å². The highest BCUT2D eigenvalue weighted by Crippen LogP contribution is 2.32. The van der Waals surface area contributed by atoms with E-state index >= 15 is 0 Å². The molecule has 0 fully saturated rings. The van der Waals surface area contributed by atoms with E-state index < -0.39 is 16.5 Å². The first-order valence-corrected chi connectivity index (χ1v) is 10.8. The van der Waals surface area contributed by atoms with Crippen LogP contribution in [0.25, 0.3) is 10.2 Å². The van der Waals surface area contributed by atoms with Gasteiger partial charge in [-0.1, -0.05) is 12.8 Å². The second-order valence-electron chi connectivity index (χ2n) is 7.31. The third-order valence-electron chi connectivity index (χ3n) is 5.35. The molecular weight excluding hydrogens is 408 g/mol. The number of aromatic nitrogens is 4. The summed E-state index contributed by atoms with van der Waals surface area (Å²) in [6, 6.07) is 0. The molecule has 0 saturated heterocycles. The Morgan fingerprint density at radius 1 is 1.30 bits per heavy atom. The van der Waals surface area contributed by atoms with Gasteiger partial charge in [-0.05, 0) is 45.1 Å². The molecule has 3 aromatic heterocycles. The summed E-state index contributed by atoms with van der Waals surface area (Å²) in [5.41, 5.74) is 2.39. The molecule has 0 aromatic carbocycles. The number of amides is 1. The van der Waals surface area contributed by atoms with Gasteiger partial charge in [0.25, 0.3) is 11.5 Å². The van der Waals surface area contributed by atoms with Crippen LogP contribution in [0.5, 0.6) is 0 Å². The van der Waals surface area contributed by atoms with E-state index in [-0.39, 0.29) is 11.3 Å². The van der Waals surface area contributed by atoms with Gasteiger partial charge in [-0.15, -0.1) is 11.3 Å². The summed E-state index contributed by atoms with van der Waals surface area (Å²) in [5.74, 6) is -0.508. The van der Waals surface area contributed by atoms with E-state index in [4.69, 9.17) is 0 Å². The lowest BCUT2D eigenvalue weighted by molar-refractivity contribution is -0.385. The van der Waals surface area contributed by atoms with Crippen molar-refractivity contribution < 1.29 is 9.72 Å². The molecule has 1 amide bonds. The third kappa shape index (κ3) is 3.49. The largest absolute Gasteiger partial charge is 0.320 e. The number of fused-ring (bicyclic) bond motifs is 3. The highest BCUT2D eigenvalue weighted by molar-refractivity contribution is 7.18. The molecule has 1 N–H and O–H groups in total. The van der Waals surface area contributed by atoms with Crippen LogP contribution in [0.1, 0.15) is 59.4 Å². The monoisotopic (exact) mass is 430 g/mol. The molecule has 10 nitrogen and oxygen atoms in total. The fourth-order valence-corrected chi connectivity index (χ4v) is 5.11. The maximum atomic E-state index is 13.3. The smallest absolute Gasteiger partial charge is 0.267 e. The average Bonchev–Trinajstić information content (AvgIpc) is 3.27. The number of aryl methyl sites for hydroxylation is 4. The van der Waals surface area contributed by atoms with Gasteiger partial charge in [0, 0.05) is 11.4 Å². The second-order valence-corrected chi connectivity index (χ2v) is 8.40. The zero-order valence-electron chi connectivity index (χ0n) is 16.8. The molecule has 4 rings (SSSR count). The van der Waals surface area contributed by atoms with Gasteiger partial charge in [-0.25, -0.2) is 9.66 Å². The lowest BCUT2D eigenvalue weighted by Crippen LogP contribution is -2.36. The summed E-state index contributed by atoms with van der Waals surface area (Å²) < 4.78 is 2.39. The Morgan fingerprint density at radius 3 is 2.73 bits per heavy atom. The molecular formula is C19H22N6O4S. The number of nitrogens with one attached hydrogen (secondary N) is 1. The zero-order valence-corrected chi connectivity index (χ0v) is 17.6. The molecule has 158 valence electrons. The maximum Gasteiger partial charge on any atom is 0.320 e. The standard InChI is InChI=1S/C19H22N6O4S/c1-3-23-10-13(25(28)29)16(21-23)17(26)22-24-11(2)20-18-15(19(24)27)12-8-6-4-5-7-9-14(12)30-18/h10H,3-9H2,1-2H3,(H,22,26). The summed E-state index contributed by atoms with van der Waals surface area (Å²) in [5, 5.41) is 15.8. The summed E-state index contributed by atoms with van der Waals surface area (Å²) in [7, 11) is 0. The van der Waals surface area contributed by atoms with Crippen LogP contribution in [0, 0.1) is 17.0 Å². The summed E-state index contributed by atoms with van der Waals surface area (Å²) in [4.78, 5) is 43.1. The van der Waals surface area contributed by atoms with Crippen LogP contribution in [-0.2, 0) is 19.4 Å². The fourth-order valence-electron chi connectivity index (χ4n) is 3.81. The molecule has 1 aliphatic rings. The Morgan fingerprint density at radius 2 is 2.03 bits per heavy atom. The third-order valence-corrected chi connectivity index (χ3v) is 6.53. The molecule has 30 heavy (non-hydrogen) atoms.